The summed E-state index contributed by atoms with van der Waals surface area (Å²) in [7, 11) is 0. The molecule has 2 rings (SSSR count). The van der Waals surface area contributed by atoms with E-state index >= 15 is 0 Å². The van der Waals surface area contributed by atoms with Crippen molar-refractivity contribution in [2.45, 2.75) is 6.92 Å². The molecule has 0 amide bonds. The standard InChI is InChI=1S/C16H13BrO3/c1-11-2-7-14(8-3-11)20-15-10-13(17)6-4-12(15)5-9-16(18)19/h2-10H,1H3,(H,18,19)/b9-5+. The predicted molar refractivity (Wildman–Crippen MR) is 82.1 cm³/mol. The van der Waals surface area contributed by atoms with E-state index in [9.17, 15) is 4.79 Å². The summed E-state index contributed by atoms with van der Waals surface area (Å²) < 4.78 is 6.67. The molecule has 0 aliphatic carbocycles. The highest BCUT2D eigenvalue weighted by atomic mass is 79.9. The molecule has 2 aromatic carbocycles. The summed E-state index contributed by atoms with van der Waals surface area (Å²) in [5.74, 6) is 0.314. The van der Waals surface area contributed by atoms with E-state index in [1.54, 1.807) is 12.1 Å². The van der Waals surface area contributed by atoms with Gasteiger partial charge in [0.15, 0.2) is 0 Å². The number of aliphatic carboxylic acids is 1. The van der Waals surface area contributed by atoms with Gasteiger partial charge in [-0.25, -0.2) is 4.79 Å². The van der Waals surface area contributed by atoms with Crippen molar-refractivity contribution in [3.05, 3.63) is 64.1 Å². The van der Waals surface area contributed by atoms with Gasteiger partial charge in [0.1, 0.15) is 11.5 Å². The number of aryl methyl sites for hydroxylation is 1. The number of carbonyl (C=O) groups is 1. The van der Waals surface area contributed by atoms with Gasteiger partial charge < -0.3 is 9.84 Å². The van der Waals surface area contributed by atoms with E-state index in [1.165, 1.54) is 6.08 Å². The van der Waals surface area contributed by atoms with Crippen molar-refractivity contribution < 1.29 is 14.6 Å². The minimum Gasteiger partial charge on any atom is -0.478 e. The zero-order valence-corrected chi connectivity index (χ0v) is 12.4. The van der Waals surface area contributed by atoms with Crippen LogP contribution in [0.25, 0.3) is 6.08 Å². The second-order valence-electron chi connectivity index (χ2n) is 4.27. The molecular weight excluding hydrogens is 320 g/mol. The first-order valence-electron chi connectivity index (χ1n) is 6.00. The van der Waals surface area contributed by atoms with Crippen LogP contribution in [0.3, 0.4) is 0 Å². The van der Waals surface area contributed by atoms with Crippen LogP contribution in [-0.4, -0.2) is 11.1 Å². The molecule has 2 aromatic rings. The third kappa shape index (κ3) is 3.96. The average molecular weight is 333 g/mol. The summed E-state index contributed by atoms with van der Waals surface area (Å²) >= 11 is 3.38. The molecule has 1 N–H and O–H groups in total. The number of halogens is 1. The molecule has 4 heteroatoms. The van der Waals surface area contributed by atoms with Gasteiger partial charge in [-0.05, 0) is 37.3 Å². The van der Waals surface area contributed by atoms with Crippen LogP contribution in [0.15, 0.2) is 53.0 Å². The third-order valence-corrected chi connectivity index (χ3v) is 3.12. The SMILES string of the molecule is Cc1ccc(Oc2cc(Br)ccc2/C=C/C(=O)O)cc1. The zero-order chi connectivity index (χ0) is 14.5. The molecule has 20 heavy (non-hydrogen) atoms. The molecule has 0 fully saturated rings. The summed E-state index contributed by atoms with van der Waals surface area (Å²) in [4.78, 5) is 10.6. The lowest BCUT2D eigenvalue weighted by atomic mass is 10.2. The van der Waals surface area contributed by atoms with Crippen molar-refractivity contribution in [2.75, 3.05) is 0 Å². The Labute approximate surface area is 125 Å². The second kappa shape index (κ2) is 6.39. The van der Waals surface area contributed by atoms with Crippen molar-refractivity contribution in [3.63, 3.8) is 0 Å². The Balaban J connectivity index is 2.31. The van der Waals surface area contributed by atoms with Crippen LogP contribution in [-0.2, 0) is 4.79 Å². The van der Waals surface area contributed by atoms with Crippen LogP contribution in [0, 0.1) is 6.92 Å². The lowest BCUT2D eigenvalue weighted by molar-refractivity contribution is -0.131. The number of carboxylic acids is 1. The van der Waals surface area contributed by atoms with Crippen LogP contribution >= 0.6 is 15.9 Å². The maximum atomic E-state index is 10.6. The Kier molecular flexibility index (Phi) is 4.58. The maximum absolute atomic E-state index is 10.6. The van der Waals surface area contributed by atoms with Crippen LogP contribution < -0.4 is 4.74 Å². The van der Waals surface area contributed by atoms with Crippen molar-refractivity contribution in [3.8, 4) is 11.5 Å². The lowest BCUT2D eigenvalue weighted by Gasteiger charge is -2.09. The van der Waals surface area contributed by atoms with Gasteiger partial charge in [0, 0.05) is 16.1 Å². The highest BCUT2D eigenvalue weighted by molar-refractivity contribution is 9.10. The molecule has 102 valence electrons. The highest BCUT2D eigenvalue weighted by Gasteiger charge is 2.04. The fourth-order valence-corrected chi connectivity index (χ4v) is 1.97. The minimum absolute atomic E-state index is 0.598. The normalized spacial score (nSPS) is 10.7. The molecule has 0 aliphatic heterocycles. The van der Waals surface area contributed by atoms with E-state index < -0.39 is 5.97 Å². The smallest absolute Gasteiger partial charge is 0.328 e. The summed E-state index contributed by atoms with van der Waals surface area (Å²) in [6.45, 7) is 2.00. The Bertz CT molecular complexity index is 645. The molecule has 0 radical (unpaired) electrons. The molecule has 3 nitrogen and oxygen atoms in total. The number of hydrogen-bond donors (Lipinski definition) is 1. The molecular formula is C16H13BrO3. The van der Waals surface area contributed by atoms with Crippen molar-refractivity contribution in [1.82, 2.24) is 0 Å². The molecule has 0 spiro atoms. The van der Waals surface area contributed by atoms with Gasteiger partial charge in [-0.1, -0.05) is 39.7 Å². The van der Waals surface area contributed by atoms with Crippen LogP contribution in [0.5, 0.6) is 11.5 Å². The number of rotatable bonds is 4. The van der Waals surface area contributed by atoms with Crippen LogP contribution in [0.4, 0.5) is 0 Å². The van der Waals surface area contributed by atoms with Crippen molar-refractivity contribution >= 4 is 28.0 Å². The molecule has 0 unspecified atom stereocenters. The Morgan fingerprint density at radius 1 is 1.20 bits per heavy atom. The van der Waals surface area contributed by atoms with E-state index in [1.807, 2.05) is 37.3 Å². The fraction of sp³-hybridized carbons (Fsp3) is 0.0625. The monoisotopic (exact) mass is 332 g/mol. The van der Waals surface area contributed by atoms with E-state index in [-0.39, 0.29) is 0 Å². The quantitative estimate of drug-likeness (QED) is 0.829. The minimum atomic E-state index is -0.991. The second-order valence-corrected chi connectivity index (χ2v) is 5.18. The van der Waals surface area contributed by atoms with Gasteiger partial charge in [-0.2, -0.15) is 0 Å². The van der Waals surface area contributed by atoms with Gasteiger partial charge in [0.2, 0.25) is 0 Å². The molecule has 0 saturated carbocycles. The molecule has 0 aliphatic rings. The summed E-state index contributed by atoms with van der Waals surface area (Å²) in [5, 5.41) is 8.70. The first kappa shape index (κ1) is 14.3. The van der Waals surface area contributed by atoms with E-state index in [2.05, 4.69) is 15.9 Å². The van der Waals surface area contributed by atoms with Gasteiger partial charge >= 0.3 is 5.97 Å². The first-order valence-corrected chi connectivity index (χ1v) is 6.79. The van der Waals surface area contributed by atoms with Crippen LogP contribution in [0.2, 0.25) is 0 Å². The van der Waals surface area contributed by atoms with Gasteiger partial charge in [0.25, 0.3) is 0 Å². The maximum Gasteiger partial charge on any atom is 0.328 e. The summed E-state index contributed by atoms with van der Waals surface area (Å²) in [6, 6.07) is 13.1. The number of hydrogen-bond acceptors (Lipinski definition) is 2. The molecule has 0 bridgehead atoms. The average Bonchev–Trinajstić information content (AvgIpc) is 2.40. The van der Waals surface area contributed by atoms with Crippen LogP contribution in [0.1, 0.15) is 11.1 Å². The van der Waals surface area contributed by atoms with Gasteiger partial charge in [-0.15, -0.1) is 0 Å². The van der Waals surface area contributed by atoms with E-state index in [0.29, 0.717) is 17.1 Å². The lowest BCUT2D eigenvalue weighted by Crippen LogP contribution is -1.90. The first-order chi connectivity index (χ1) is 9.54. The number of carboxylic acid groups (broad SMARTS) is 1. The van der Waals surface area contributed by atoms with Gasteiger partial charge in [0.05, 0.1) is 0 Å². The Hall–Kier alpha value is -2.07. The predicted octanol–water partition coefficient (Wildman–Crippen LogP) is 4.65. The fourth-order valence-electron chi connectivity index (χ4n) is 1.63. The largest absolute Gasteiger partial charge is 0.478 e. The molecule has 0 atom stereocenters. The Morgan fingerprint density at radius 2 is 1.90 bits per heavy atom. The highest BCUT2D eigenvalue weighted by Crippen LogP contribution is 2.29. The van der Waals surface area contributed by atoms with E-state index in [0.717, 1.165) is 16.1 Å². The van der Waals surface area contributed by atoms with E-state index in [4.69, 9.17) is 9.84 Å². The number of ether oxygens (including phenoxy) is 1. The van der Waals surface area contributed by atoms with Crippen molar-refractivity contribution in [1.29, 1.82) is 0 Å². The van der Waals surface area contributed by atoms with Crippen molar-refractivity contribution in [2.24, 2.45) is 0 Å². The Morgan fingerprint density at radius 3 is 2.55 bits per heavy atom. The number of benzene rings is 2. The van der Waals surface area contributed by atoms with Gasteiger partial charge in [-0.3, -0.25) is 0 Å². The molecule has 0 heterocycles. The summed E-state index contributed by atoms with van der Waals surface area (Å²) in [6.07, 6.45) is 2.60. The summed E-state index contributed by atoms with van der Waals surface area (Å²) in [5.41, 5.74) is 1.86. The molecule has 0 saturated heterocycles. The third-order valence-electron chi connectivity index (χ3n) is 2.63. The zero-order valence-electron chi connectivity index (χ0n) is 10.8. The molecule has 0 aromatic heterocycles. The topological polar surface area (TPSA) is 46.5 Å².